The third-order valence-corrected chi connectivity index (χ3v) is 4.00. The number of benzene rings is 2. The van der Waals surface area contributed by atoms with Crippen LogP contribution < -0.4 is 21.5 Å². The van der Waals surface area contributed by atoms with E-state index in [1.54, 1.807) is 18.2 Å². The third kappa shape index (κ3) is 3.18. The van der Waals surface area contributed by atoms with Gasteiger partial charge in [0, 0.05) is 12.6 Å². The molecular formula is C14H16N4O3S. The van der Waals surface area contributed by atoms with Crippen molar-refractivity contribution < 1.29 is 13.2 Å². The van der Waals surface area contributed by atoms with Crippen LogP contribution >= 0.6 is 0 Å². The van der Waals surface area contributed by atoms with Crippen LogP contribution in [0.5, 0.6) is 0 Å². The smallest absolute Gasteiger partial charge is 0.238 e. The zero-order chi connectivity index (χ0) is 16.5. The molecule has 22 heavy (non-hydrogen) atoms. The van der Waals surface area contributed by atoms with Crippen LogP contribution in [0, 0.1) is 0 Å². The summed E-state index contributed by atoms with van der Waals surface area (Å²) < 4.78 is 22.5. The lowest BCUT2D eigenvalue weighted by molar-refractivity contribution is -0.115. The molecule has 2 aromatic carbocycles. The number of primary sulfonamides is 1. The average molecular weight is 320 g/mol. The molecule has 0 spiro atoms. The van der Waals surface area contributed by atoms with Crippen molar-refractivity contribution in [3.05, 3.63) is 42.5 Å². The van der Waals surface area contributed by atoms with E-state index in [1.807, 2.05) is 0 Å². The van der Waals surface area contributed by atoms with E-state index in [1.165, 1.54) is 36.1 Å². The lowest BCUT2D eigenvalue weighted by Gasteiger charge is -2.22. The summed E-state index contributed by atoms with van der Waals surface area (Å²) in [5, 5.41) is 5.05. The monoisotopic (exact) mass is 320 g/mol. The van der Waals surface area contributed by atoms with Crippen molar-refractivity contribution in [2.75, 3.05) is 16.4 Å². The summed E-state index contributed by atoms with van der Waals surface area (Å²) in [4.78, 5) is 13.3. The molecule has 6 N–H and O–H groups in total. The highest BCUT2D eigenvalue weighted by atomic mass is 32.2. The molecule has 0 atom stereocenters. The highest BCUT2D eigenvalue weighted by molar-refractivity contribution is 7.89. The number of nitrogens with two attached hydrogens (primary N) is 3. The number of carbonyl (C=O) groups excluding carboxylic acids is 1. The van der Waals surface area contributed by atoms with E-state index in [4.69, 9.17) is 16.6 Å². The van der Waals surface area contributed by atoms with E-state index < -0.39 is 10.0 Å². The molecule has 0 aliphatic heterocycles. The highest BCUT2D eigenvalue weighted by Crippen LogP contribution is 2.30. The first-order chi connectivity index (χ1) is 10.2. The number of nitrogens with zero attached hydrogens (tertiary/aromatic N) is 1. The molecule has 116 valence electrons. The summed E-state index contributed by atoms with van der Waals surface area (Å²) in [5.74, 6) is -0.257. The Bertz CT molecular complexity index is 816. The zero-order valence-corrected chi connectivity index (χ0v) is 12.7. The van der Waals surface area contributed by atoms with Gasteiger partial charge in [-0.3, -0.25) is 9.69 Å². The van der Waals surface area contributed by atoms with Crippen LogP contribution in [0.3, 0.4) is 0 Å². The molecule has 2 aromatic rings. The molecule has 0 bridgehead atoms. The van der Waals surface area contributed by atoms with Gasteiger partial charge in [0.05, 0.1) is 22.0 Å². The average Bonchev–Trinajstić information content (AvgIpc) is 2.42. The predicted molar refractivity (Wildman–Crippen MR) is 85.9 cm³/mol. The van der Waals surface area contributed by atoms with Crippen LogP contribution in [0.2, 0.25) is 0 Å². The topological polar surface area (TPSA) is 133 Å². The fraction of sp³-hybridized carbons (Fsp3) is 0.0714. The minimum Gasteiger partial charge on any atom is -0.397 e. The maximum Gasteiger partial charge on any atom is 0.238 e. The first-order valence-corrected chi connectivity index (χ1v) is 7.83. The number of amides is 1. The molecule has 1 amide bonds. The van der Waals surface area contributed by atoms with E-state index >= 15 is 0 Å². The van der Waals surface area contributed by atoms with Gasteiger partial charge in [0.1, 0.15) is 0 Å². The van der Waals surface area contributed by atoms with Crippen molar-refractivity contribution in [3.8, 4) is 0 Å². The van der Waals surface area contributed by atoms with Gasteiger partial charge in [-0.05, 0) is 42.5 Å². The zero-order valence-electron chi connectivity index (χ0n) is 11.9. The maximum atomic E-state index is 11.9. The molecule has 0 aliphatic rings. The minimum atomic E-state index is -3.78. The Morgan fingerprint density at radius 1 is 0.955 bits per heavy atom. The maximum absolute atomic E-state index is 11.9. The SMILES string of the molecule is CC(=O)N(c1ccc(S(N)(=O)=O)cc1)c1ccc(N)c(N)c1. The van der Waals surface area contributed by atoms with Crippen molar-refractivity contribution in [2.45, 2.75) is 11.8 Å². The van der Waals surface area contributed by atoms with Gasteiger partial charge in [-0.1, -0.05) is 0 Å². The lowest BCUT2D eigenvalue weighted by Crippen LogP contribution is -2.23. The number of nitrogen functional groups attached to an aromatic ring is 2. The van der Waals surface area contributed by atoms with Gasteiger partial charge in [0.15, 0.2) is 0 Å². The summed E-state index contributed by atoms with van der Waals surface area (Å²) in [7, 11) is -3.78. The van der Waals surface area contributed by atoms with E-state index in [0.717, 1.165) is 0 Å². The number of sulfonamides is 1. The van der Waals surface area contributed by atoms with Crippen molar-refractivity contribution >= 4 is 38.7 Å². The number of hydrogen-bond acceptors (Lipinski definition) is 5. The number of rotatable bonds is 3. The number of anilines is 4. The Balaban J connectivity index is 2.48. The number of hydrogen-bond donors (Lipinski definition) is 3. The van der Waals surface area contributed by atoms with Gasteiger partial charge in [-0.25, -0.2) is 13.6 Å². The fourth-order valence-electron chi connectivity index (χ4n) is 2.00. The molecule has 8 heteroatoms. The Morgan fingerprint density at radius 2 is 1.50 bits per heavy atom. The van der Waals surface area contributed by atoms with Crippen molar-refractivity contribution in [1.82, 2.24) is 0 Å². The molecule has 7 nitrogen and oxygen atoms in total. The van der Waals surface area contributed by atoms with Crippen LogP contribution in [0.4, 0.5) is 22.7 Å². The standard InChI is InChI=1S/C14H16N4O3S/c1-9(19)18(11-4-7-13(15)14(16)8-11)10-2-5-12(6-3-10)22(17,20)21/h2-8H,15-16H2,1H3,(H2,17,20,21). The van der Waals surface area contributed by atoms with Gasteiger partial charge < -0.3 is 11.5 Å². The van der Waals surface area contributed by atoms with Crippen molar-refractivity contribution in [2.24, 2.45) is 5.14 Å². The Hall–Kier alpha value is -2.58. The van der Waals surface area contributed by atoms with Crippen molar-refractivity contribution in [1.29, 1.82) is 0 Å². The molecule has 0 saturated heterocycles. The molecule has 0 fully saturated rings. The van der Waals surface area contributed by atoms with Gasteiger partial charge >= 0.3 is 0 Å². The molecule has 0 unspecified atom stereocenters. The van der Waals surface area contributed by atoms with E-state index in [2.05, 4.69) is 0 Å². The van der Waals surface area contributed by atoms with Gasteiger partial charge in [-0.2, -0.15) is 0 Å². The summed E-state index contributed by atoms with van der Waals surface area (Å²) in [6, 6.07) is 10.5. The van der Waals surface area contributed by atoms with Crippen LogP contribution in [0.1, 0.15) is 6.92 Å². The molecule has 0 radical (unpaired) electrons. The second-order valence-electron chi connectivity index (χ2n) is 4.71. The lowest BCUT2D eigenvalue weighted by atomic mass is 10.2. The molecule has 2 rings (SSSR count). The molecule has 0 heterocycles. The third-order valence-electron chi connectivity index (χ3n) is 3.07. The minimum absolute atomic E-state index is 0.0310. The largest absolute Gasteiger partial charge is 0.397 e. The highest BCUT2D eigenvalue weighted by Gasteiger charge is 2.16. The van der Waals surface area contributed by atoms with E-state index in [-0.39, 0.29) is 10.8 Å². The Morgan fingerprint density at radius 3 is 1.95 bits per heavy atom. The summed E-state index contributed by atoms with van der Waals surface area (Å²) in [6.07, 6.45) is 0. The van der Waals surface area contributed by atoms with Crippen LogP contribution in [0.15, 0.2) is 47.4 Å². The van der Waals surface area contributed by atoms with Gasteiger partial charge in [0.2, 0.25) is 15.9 Å². The first-order valence-electron chi connectivity index (χ1n) is 6.28. The first kappa shape index (κ1) is 15.8. The quantitative estimate of drug-likeness (QED) is 0.730. The van der Waals surface area contributed by atoms with Gasteiger partial charge in [-0.15, -0.1) is 0 Å². The normalized spacial score (nSPS) is 11.2. The fourth-order valence-corrected chi connectivity index (χ4v) is 2.51. The Kier molecular flexibility index (Phi) is 4.07. The molecule has 0 aromatic heterocycles. The summed E-state index contributed by atoms with van der Waals surface area (Å²) >= 11 is 0. The second-order valence-corrected chi connectivity index (χ2v) is 6.27. The van der Waals surface area contributed by atoms with Crippen LogP contribution in [-0.4, -0.2) is 14.3 Å². The van der Waals surface area contributed by atoms with E-state index in [9.17, 15) is 13.2 Å². The summed E-state index contributed by atoms with van der Waals surface area (Å²) in [6.45, 7) is 1.39. The molecule has 0 aliphatic carbocycles. The predicted octanol–water partition coefficient (Wildman–Crippen LogP) is 1.18. The second kappa shape index (κ2) is 5.66. The molecular weight excluding hydrogens is 304 g/mol. The molecule has 0 saturated carbocycles. The van der Waals surface area contributed by atoms with Gasteiger partial charge in [0.25, 0.3) is 0 Å². The van der Waals surface area contributed by atoms with E-state index in [0.29, 0.717) is 22.7 Å². The van der Waals surface area contributed by atoms with Crippen LogP contribution in [-0.2, 0) is 14.8 Å². The van der Waals surface area contributed by atoms with Crippen molar-refractivity contribution in [3.63, 3.8) is 0 Å². The summed E-state index contributed by atoms with van der Waals surface area (Å²) in [5.41, 5.74) is 13.2. The number of carbonyl (C=O) groups is 1. The Labute approximate surface area is 128 Å². The van der Waals surface area contributed by atoms with Crippen LogP contribution in [0.25, 0.3) is 0 Å².